The van der Waals surface area contributed by atoms with Crippen molar-refractivity contribution in [3.8, 4) is 0 Å². The molecule has 2 nitrogen and oxygen atoms in total. The van der Waals surface area contributed by atoms with Gasteiger partial charge in [-0.25, -0.2) is 0 Å². The minimum Gasteiger partial charge on any atom is -0.312 e. The molecule has 2 atom stereocenters. The van der Waals surface area contributed by atoms with Gasteiger partial charge in [-0.2, -0.15) is 0 Å². The molecule has 0 aromatic heterocycles. The molecule has 0 spiro atoms. The lowest BCUT2D eigenvalue weighted by Gasteiger charge is -2.20. The van der Waals surface area contributed by atoms with Crippen LogP contribution in [-0.2, 0) is 16.2 Å². The molecule has 0 saturated heterocycles. The SMILES string of the molecule is CNC1CS(=O)c2ccc(C(C)(C)C)cc21. The van der Waals surface area contributed by atoms with Gasteiger partial charge in [0.25, 0.3) is 0 Å². The Balaban J connectivity index is 2.50. The van der Waals surface area contributed by atoms with Crippen LogP contribution < -0.4 is 5.32 Å². The van der Waals surface area contributed by atoms with Crippen LogP contribution in [0.25, 0.3) is 0 Å². The van der Waals surface area contributed by atoms with Crippen molar-refractivity contribution >= 4 is 10.8 Å². The zero-order chi connectivity index (χ0) is 11.9. The Morgan fingerprint density at radius 2 is 2.06 bits per heavy atom. The maximum atomic E-state index is 11.9. The van der Waals surface area contributed by atoms with E-state index in [2.05, 4.69) is 38.2 Å². The topological polar surface area (TPSA) is 29.1 Å². The zero-order valence-corrected chi connectivity index (χ0v) is 11.1. The number of nitrogens with one attached hydrogen (secondary N) is 1. The molecule has 0 bridgehead atoms. The molecule has 0 saturated carbocycles. The smallest absolute Gasteiger partial charge is 0.0552 e. The van der Waals surface area contributed by atoms with Gasteiger partial charge >= 0.3 is 0 Å². The summed E-state index contributed by atoms with van der Waals surface area (Å²) in [5, 5.41) is 3.24. The van der Waals surface area contributed by atoms with Crippen LogP contribution in [0.2, 0.25) is 0 Å². The fraction of sp³-hybridized carbons (Fsp3) is 0.538. The quantitative estimate of drug-likeness (QED) is 0.812. The fourth-order valence-corrected chi connectivity index (χ4v) is 3.58. The van der Waals surface area contributed by atoms with Crippen molar-refractivity contribution < 1.29 is 4.21 Å². The minimum atomic E-state index is -0.825. The first kappa shape index (κ1) is 11.8. The van der Waals surface area contributed by atoms with Gasteiger partial charge < -0.3 is 5.32 Å². The molecule has 88 valence electrons. The van der Waals surface area contributed by atoms with Gasteiger partial charge in [0.1, 0.15) is 0 Å². The summed E-state index contributed by atoms with van der Waals surface area (Å²) in [6.07, 6.45) is 0. The summed E-state index contributed by atoms with van der Waals surface area (Å²) in [4.78, 5) is 1.01. The Kier molecular flexibility index (Phi) is 2.93. The van der Waals surface area contributed by atoms with E-state index in [9.17, 15) is 4.21 Å². The van der Waals surface area contributed by atoms with Crippen LogP contribution in [0, 0.1) is 0 Å². The molecule has 1 aliphatic rings. The molecule has 1 aliphatic heterocycles. The van der Waals surface area contributed by atoms with Crippen LogP contribution in [0.3, 0.4) is 0 Å². The summed E-state index contributed by atoms with van der Waals surface area (Å²) in [5.41, 5.74) is 2.68. The molecule has 1 heterocycles. The second kappa shape index (κ2) is 3.97. The normalized spacial score (nSPS) is 24.5. The molecule has 0 amide bonds. The van der Waals surface area contributed by atoms with E-state index in [0.29, 0.717) is 5.75 Å². The molecular formula is C13H19NOS. The van der Waals surface area contributed by atoms with Gasteiger partial charge in [0.05, 0.1) is 10.8 Å². The molecule has 0 fully saturated rings. The number of benzene rings is 1. The second-order valence-electron chi connectivity index (χ2n) is 5.36. The Labute approximate surface area is 99.9 Å². The van der Waals surface area contributed by atoms with E-state index in [1.165, 1.54) is 11.1 Å². The van der Waals surface area contributed by atoms with E-state index in [1.807, 2.05) is 13.1 Å². The number of hydrogen-bond donors (Lipinski definition) is 1. The number of fused-ring (bicyclic) bond motifs is 1. The number of rotatable bonds is 1. The molecule has 1 N–H and O–H groups in total. The van der Waals surface area contributed by atoms with Gasteiger partial charge in [-0.1, -0.05) is 32.9 Å². The van der Waals surface area contributed by atoms with Crippen molar-refractivity contribution in [3.63, 3.8) is 0 Å². The lowest BCUT2D eigenvalue weighted by atomic mass is 9.85. The van der Waals surface area contributed by atoms with Gasteiger partial charge in [-0.15, -0.1) is 0 Å². The Hall–Kier alpha value is -0.670. The Bertz CT molecular complexity index is 434. The third kappa shape index (κ3) is 1.94. The van der Waals surface area contributed by atoms with E-state index in [-0.39, 0.29) is 11.5 Å². The summed E-state index contributed by atoms with van der Waals surface area (Å²) in [6, 6.07) is 6.60. The van der Waals surface area contributed by atoms with Gasteiger partial charge in [-0.3, -0.25) is 4.21 Å². The summed E-state index contributed by atoms with van der Waals surface area (Å²) in [5.74, 6) is 0.708. The predicted octanol–water partition coefficient (Wildman–Crippen LogP) is 2.37. The zero-order valence-electron chi connectivity index (χ0n) is 10.3. The largest absolute Gasteiger partial charge is 0.312 e. The highest BCUT2D eigenvalue weighted by atomic mass is 32.2. The van der Waals surface area contributed by atoms with Gasteiger partial charge in [0, 0.05) is 16.7 Å². The average Bonchev–Trinajstić information content (AvgIpc) is 2.54. The van der Waals surface area contributed by atoms with Gasteiger partial charge in [0.2, 0.25) is 0 Å². The standard InChI is InChI=1S/C13H19NOS/c1-13(2,3)9-5-6-12-10(7-9)11(14-4)8-16(12)15/h5-7,11,14H,8H2,1-4H3. The van der Waals surface area contributed by atoms with Crippen molar-refractivity contribution in [2.24, 2.45) is 0 Å². The fourth-order valence-electron chi connectivity index (χ4n) is 2.06. The first-order valence-corrected chi connectivity index (χ1v) is 6.95. The Morgan fingerprint density at radius 3 is 2.62 bits per heavy atom. The summed E-state index contributed by atoms with van der Waals surface area (Å²) >= 11 is 0. The molecule has 1 aromatic carbocycles. The number of hydrogen-bond acceptors (Lipinski definition) is 2. The van der Waals surface area contributed by atoms with Crippen LogP contribution >= 0.6 is 0 Å². The maximum absolute atomic E-state index is 11.9. The van der Waals surface area contributed by atoms with Crippen LogP contribution in [0.5, 0.6) is 0 Å². The van der Waals surface area contributed by atoms with Crippen LogP contribution in [0.1, 0.15) is 37.9 Å². The van der Waals surface area contributed by atoms with E-state index in [4.69, 9.17) is 0 Å². The summed E-state index contributed by atoms with van der Waals surface area (Å²) in [6.45, 7) is 6.61. The highest BCUT2D eigenvalue weighted by molar-refractivity contribution is 7.85. The van der Waals surface area contributed by atoms with Crippen molar-refractivity contribution in [2.45, 2.75) is 37.1 Å². The molecule has 3 heteroatoms. The van der Waals surface area contributed by atoms with Crippen molar-refractivity contribution in [2.75, 3.05) is 12.8 Å². The lowest BCUT2D eigenvalue weighted by molar-refractivity contribution is 0.584. The minimum absolute atomic E-state index is 0.150. The third-order valence-electron chi connectivity index (χ3n) is 3.16. The van der Waals surface area contributed by atoms with E-state index >= 15 is 0 Å². The van der Waals surface area contributed by atoms with Gasteiger partial charge in [-0.05, 0) is 29.7 Å². The third-order valence-corrected chi connectivity index (χ3v) is 4.66. The maximum Gasteiger partial charge on any atom is 0.0552 e. The molecule has 2 rings (SSSR count). The summed E-state index contributed by atoms with van der Waals surface area (Å²) < 4.78 is 11.9. The first-order valence-electron chi connectivity index (χ1n) is 5.63. The van der Waals surface area contributed by atoms with E-state index in [1.54, 1.807) is 0 Å². The van der Waals surface area contributed by atoms with Gasteiger partial charge in [0.15, 0.2) is 0 Å². The molecule has 0 radical (unpaired) electrons. The van der Waals surface area contributed by atoms with Crippen molar-refractivity contribution in [1.29, 1.82) is 0 Å². The molecular weight excluding hydrogens is 218 g/mol. The van der Waals surface area contributed by atoms with Crippen LogP contribution in [-0.4, -0.2) is 17.0 Å². The first-order chi connectivity index (χ1) is 7.43. The lowest BCUT2D eigenvalue weighted by Crippen LogP contribution is -2.17. The molecule has 1 aromatic rings. The highest BCUT2D eigenvalue weighted by Gasteiger charge is 2.28. The average molecular weight is 237 g/mol. The van der Waals surface area contributed by atoms with E-state index < -0.39 is 10.8 Å². The monoisotopic (exact) mass is 237 g/mol. The highest BCUT2D eigenvalue weighted by Crippen LogP contribution is 2.34. The Morgan fingerprint density at radius 1 is 1.38 bits per heavy atom. The van der Waals surface area contributed by atoms with Crippen molar-refractivity contribution in [3.05, 3.63) is 29.3 Å². The van der Waals surface area contributed by atoms with E-state index in [0.717, 1.165) is 4.90 Å². The molecule has 16 heavy (non-hydrogen) atoms. The molecule has 2 unspecified atom stereocenters. The summed E-state index contributed by atoms with van der Waals surface area (Å²) in [7, 11) is 1.11. The van der Waals surface area contributed by atoms with Crippen LogP contribution in [0.15, 0.2) is 23.1 Å². The van der Waals surface area contributed by atoms with Crippen LogP contribution in [0.4, 0.5) is 0 Å². The predicted molar refractivity (Wildman–Crippen MR) is 68.2 cm³/mol. The van der Waals surface area contributed by atoms with Crippen molar-refractivity contribution in [1.82, 2.24) is 5.32 Å². The second-order valence-corrected chi connectivity index (χ2v) is 6.82. The molecule has 0 aliphatic carbocycles.